The van der Waals surface area contributed by atoms with Gasteiger partial charge in [0.2, 0.25) is 0 Å². The minimum Gasteiger partial charge on any atom is -0.494 e. The summed E-state index contributed by atoms with van der Waals surface area (Å²) < 4.78 is 7.26. The number of hydrogen-bond donors (Lipinski definition) is 1. The van der Waals surface area contributed by atoms with E-state index in [2.05, 4.69) is 12.0 Å². The number of aliphatic hydroxyl groups is 1. The number of aliphatic hydroxyl groups excluding tert-OH is 1. The molecule has 0 bridgehead atoms. The molecular weight excluding hydrogens is 252 g/mol. The van der Waals surface area contributed by atoms with Gasteiger partial charge < -0.3 is 9.84 Å². The van der Waals surface area contributed by atoms with Crippen LogP contribution in [-0.2, 0) is 6.54 Å². The van der Waals surface area contributed by atoms with Crippen LogP contribution in [0.15, 0.2) is 24.3 Å². The van der Waals surface area contributed by atoms with Gasteiger partial charge in [-0.1, -0.05) is 12.1 Å². The highest BCUT2D eigenvalue weighted by Gasteiger charge is 2.13. The summed E-state index contributed by atoms with van der Waals surface area (Å²) in [4.78, 5) is 0. The fourth-order valence-electron chi connectivity index (χ4n) is 2.19. The Morgan fingerprint density at radius 2 is 1.85 bits per heavy atom. The first-order valence-electron chi connectivity index (χ1n) is 6.94. The van der Waals surface area contributed by atoms with Crippen molar-refractivity contribution in [3.05, 3.63) is 46.8 Å². The smallest absolute Gasteiger partial charge is 0.119 e. The molecule has 20 heavy (non-hydrogen) atoms. The van der Waals surface area contributed by atoms with Gasteiger partial charge in [-0.15, -0.1) is 0 Å². The molecule has 108 valence electrons. The maximum Gasteiger partial charge on any atom is 0.119 e. The molecule has 2 aromatic rings. The highest BCUT2D eigenvalue weighted by Crippen LogP contribution is 2.21. The van der Waals surface area contributed by atoms with Crippen molar-refractivity contribution in [1.29, 1.82) is 0 Å². The van der Waals surface area contributed by atoms with Crippen molar-refractivity contribution in [3.8, 4) is 5.75 Å². The molecule has 0 fully saturated rings. The zero-order valence-corrected chi connectivity index (χ0v) is 12.6. The first-order valence-corrected chi connectivity index (χ1v) is 6.94. The van der Waals surface area contributed by atoms with Crippen molar-refractivity contribution in [2.75, 3.05) is 6.61 Å². The van der Waals surface area contributed by atoms with Crippen LogP contribution in [-0.4, -0.2) is 21.5 Å². The fraction of sp³-hybridized carbons (Fsp3) is 0.438. The zero-order chi connectivity index (χ0) is 14.7. The van der Waals surface area contributed by atoms with Crippen LogP contribution < -0.4 is 4.74 Å². The van der Waals surface area contributed by atoms with Crippen molar-refractivity contribution in [1.82, 2.24) is 9.78 Å². The second-order valence-corrected chi connectivity index (χ2v) is 5.00. The molecule has 2 rings (SSSR count). The number of ether oxygens (including phenoxy) is 1. The molecule has 4 nitrogen and oxygen atoms in total. The molecule has 4 heteroatoms. The Labute approximate surface area is 120 Å². The lowest BCUT2D eigenvalue weighted by atomic mass is 10.1. The molecule has 1 unspecified atom stereocenters. The van der Waals surface area contributed by atoms with Gasteiger partial charge in [0.1, 0.15) is 5.75 Å². The Hall–Kier alpha value is -1.81. The van der Waals surface area contributed by atoms with Crippen LogP contribution in [0.1, 0.15) is 35.5 Å². The van der Waals surface area contributed by atoms with E-state index in [4.69, 9.17) is 4.74 Å². The minimum atomic E-state index is -0.567. The standard InChI is InChI=1S/C16H22N2O2/c1-5-20-15-8-6-14(7-9-15)16(19)10-18-13(4)11(2)12(3)17-18/h6-9,16,19H,5,10H2,1-4H3. The van der Waals surface area contributed by atoms with Crippen LogP contribution in [0.3, 0.4) is 0 Å². The monoisotopic (exact) mass is 274 g/mol. The van der Waals surface area contributed by atoms with Gasteiger partial charge in [-0.25, -0.2) is 0 Å². The molecule has 0 saturated carbocycles. The first-order chi connectivity index (χ1) is 9.52. The van der Waals surface area contributed by atoms with E-state index in [1.54, 1.807) is 0 Å². The summed E-state index contributed by atoms with van der Waals surface area (Å²) in [6.45, 7) is 9.13. The summed E-state index contributed by atoms with van der Waals surface area (Å²) in [6, 6.07) is 7.56. The third-order valence-electron chi connectivity index (χ3n) is 3.67. The van der Waals surface area contributed by atoms with Gasteiger partial charge in [0.15, 0.2) is 0 Å². The second kappa shape index (κ2) is 6.09. The summed E-state index contributed by atoms with van der Waals surface area (Å²) in [5, 5.41) is 14.8. The van der Waals surface area contributed by atoms with Crippen molar-refractivity contribution < 1.29 is 9.84 Å². The van der Waals surface area contributed by atoms with Gasteiger partial charge in [0.25, 0.3) is 0 Å². The van der Waals surface area contributed by atoms with Gasteiger partial charge in [0.05, 0.1) is 24.9 Å². The van der Waals surface area contributed by atoms with E-state index in [0.717, 1.165) is 22.7 Å². The maximum atomic E-state index is 10.3. The predicted molar refractivity (Wildman–Crippen MR) is 79.0 cm³/mol. The van der Waals surface area contributed by atoms with Crippen molar-refractivity contribution in [3.63, 3.8) is 0 Å². The zero-order valence-electron chi connectivity index (χ0n) is 12.6. The molecule has 0 aliphatic heterocycles. The third kappa shape index (κ3) is 3.02. The first kappa shape index (κ1) is 14.6. The highest BCUT2D eigenvalue weighted by atomic mass is 16.5. The van der Waals surface area contributed by atoms with Gasteiger partial charge in [-0.05, 0) is 51.0 Å². The van der Waals surface area contributed by atoms with Crippen LogP contribution in [0, 0.1) is 20.8 Å². The normalized spacial score (nSPS) is 12.4. The van der Waals surface area contributed by atoms with E-state index >= 15 is 0 Å². The molecule has 0 aliphatic rings. The second-order valence-electron chi connectivity index (χ2n) is 5.00. The number of aromatic nitrogens is 2. The SMILES string of the molecule is CCOc1ccc(C(O)Cn2nc(C)c(C)c2C)cc1. The number of aryl methyl sites for hydroxylation is 1. The van der Waals surface area contributed by atoms with Gasteiger partial charge in [-0.3, -0.25) is 4.68 Å². The molecule has 0 spiro atoms. The van der Waals surface area contributed by atoms with Crippen molar-refractivity contribution >= 4 is 0 Å². The van der Waals surface area contributed by atoms with Crippen LogP contribution in [0.25, 0.3) is 0 Å². The van der Waals surface area contributed by atoms with E-state index in [9.17, 15) is 5.11 Å². The lowest BCUT2D eigenvalue weighted by Gasteiger charge is -2.13. The predicted octanol–water partition coefficient (Wildman–Crippen LogP) is 2.94. The quantitative estimate of drug-likeness (QED) is 0.912. The number of rotatable bonds is 5. The summed E-state index contributed by atoms with van der Waals surface area (Å²) >= 11 is 0. The Balaban J connectivity index is 2.11. The number of hydrogen-bond acceptors (Lipinski definition) is 3. The molecule has 1 aromatic carbocycles. The topological polar surface area (TPSA) is 47.3 Å². The molecule has 1 aromatic heterocycles. The largest absolute Gasteiger partial charge is 0.494 e. The molecule has 1 heterocycles. The Morgan fingerprint density at radius 3 is 2.35 bits per heavy atom. The molecule has 0 aliphatic carbocycles. The maximum absolute atomic E-state index is 10.3. The molecule has 1 atom stereocenters. The summed E-state index contributed by atoms with van der Waals surface area (Å²) in [6.07, 6.45) is -0.567. The van der Waals surface area contributed by atoms with Crippen LogP contribution >= 0.6 is 0 Å². The van der Waals surface area contributed by atoms with Gasteiger partial charge in [0, 0.05) is 5.69 Å². The van der Waals surface area contributed by atoms with Crippen molar-refractivity contribution in [2.24, 2.45) is 0 Å². The van der Waals surface area contributed by atoms with E-state index in [1.807, 2.05) is 49.7 Å². The fourth-order valence-corrected chi connectivity index (χ4v) is 2.19. The molecular formula is C16H22N2O2. The molecule has 0 radical (unpaired) electrons. The van der Waals surface area contributed by atoms with Crippen LogP contribution in [0.5, 0.6) is 5.75 Å². The van der Waals surface area contributed by atoms with E-state index in [0.29, 0.717) is 13.2 Å². The number of benzene rings is 1. The molecule has 1 N–H and O–H groups in total. The summed E-state index contributed by atoms with van der Waals surface area (Å²) in [7, 11) is 0. The molecule has 0 saturated heterocycles. The lowest BCUT2D eigenvalue weighted by Crippen LogP contribution is -2.11. The van der Waals surface area contributed by atoms with E-state index < -0.39 is 6.10 Å². The minimum absolute atomic E-state index is 0.467. The average molecular weight is 274 g/mol. The Morgan fingerprint density at radius 1 is 1.20 bits per heavy atom. The summed E-state index contributed by atoms with van der Waals surface area (Å²) in [5.74, 6) is 0.824. The van der Waals surface area contributed by atoms with Crippen LogP contribution in [0.2, 0.25) is 0 Å². The Kier molecular flexibility index (Phi) is 4.45. The van der Waals surface area contributed by atoms with E-state index in [-0.39, 0.29) is 0 Å². The highest BCUT2D eigenvalue weighted by molar-refractivity contribution is 5.29. The number of nitrogens with zero attached hydrogens (tertiary/aromatic N) is 2. The molecule has 0 amide bonds. The third-order valence-corrected chi connectivity index (χ3v) is 3.67. The van der Waals surface area contributed by atoms with E-state index in [1.165, 1.54) is 5.56 Å². The van der Waals surface area contributed by atoms with Crippen molar-refractivity contribution in [2.45, 2.75) is 40.3 Å². The Bertz CT molecular complexity index is 573. The lowest BCUT2D eigenvalue weighted by molar-refractivity contribution is 0.150. The van der Waals surface area contributed by atoms with Crippen LogP contribution in [0.4, 0.5) is 0 Å². The van der Waals surface area contributed by atoms with Gasteiger partial charge >= 0.3 is 0 Å². The summed E-state index contributed by atoms with van der Waals surface area (Å²) in [5.41, 5.74) is 4.18. The van der Waals surface area contributed by atoms with Gasteiger partial charge in [-0.2, -0.15) is 5.10 Å². The average Bonchev–Trinajstić information content (AvgIpc) is 2.67.